The lowest BCUT2D eigenvalue weighted by atomic mass is 9.88. The summed E-state index contributed by atoms with van der Waals surface area (Å²) in [6.45, 7) is 4.03. The van der Waals surface area contributed by atoms with E-state index in [9.17, 15) is 4.79 Å². The molecule has 0 aromatic rings. The summed E-state index contributed by atoms with van der Waals surface area (Å²) < 4.78 is 0. The molecule has 1 aliphatic heterocycles. The lowest BCUT2D eigenvalue weighted by molar-refractivity contribution is -0.129. The van der Waals surface area contributed by atoms with Crippen molar-refractivity contribution in [3.63, 3.8) is 0 Å². The number of hydrogen-bond acceptors (Lipinski definition) is 2. The van der Waals surface area contributed by atoms with Crippen LogP contribution in [-0.4, -0.2) is 25.0 Å². The second-order valence-electron chi connectivity index (χ2n) is 5.27. The van der Waals surface area contributed by atoms with Gasteiger partial charge in [-0.2, -0.15) is 0 Å². The van der Waals surface area contributed by atoms with Crippen LogP contribution in [0.2, 0.25) is 0 Å². The van der Waals surface area contributed by atoms with Crippen molar-refractivity contribution in [3.05, 3.63) is 0 Å². The van der Waals surface area contributed by atoms with E-state index in [2.05, 4.69) is 17.6 Å². The molecular formula is C12H22N2O. The number of carbonyl (C=O) groups is 1. The molecule has 1 saturated carbocycles. The number of hydrogen-bond donors (Lipinski definition) is 2. The third-order valence-electron chi connectivity index (χ3n) is 3.93. The van der Waals surface area contributed by atoms with Crippen molar-refractivity contribution in [2.75, 3.05) is 13.1 Å². The van der Waals surface area contributed by atoms with Gasteiger partial charge in [-0.05, 0) is 32.2 Å². The standard InChI is InChI=1S/C12H22N2O/c1-12(6-2-3-7-12)11(15)14-9-10-5-4-8-13-10/h10,13H,2-9H2,1H3,(H,14,15). The van der Waals surface area contributed by atoms with E-state index in [1.807, 2.05) is 0 Å². The Morgan fingerprint density at radius 2 is 2.13 bits per heavy atom. The summed E-state index contributed by atoms with van der Waals surface area (Å²) in [5.74, 6) is 0.272. The molecule has 15 heavy (non-hydrogen) atoms. The molecule has 1 amide bonds. The molecule has 0 spiro atoms. The monoisotopic (exact) mass is 210 g/mol. The van der Waals surface area contributed by atoms with E-state index in [4.69, 9.17) is 0 Å². The van der Waals surface area contributed by atoms with E-state index in [1.54, 1.807) is 0 Å². The Labute approximate surface area is 92.0 Å². The molecule has 0 aromatic carbocycles. The fourth-order valence-electron chi connectivity index (χ4n) is 2.74. The van der Waals surface area contributed by atoms with Gasteiger partial charge in [0.25, 0.3) is 0 Å². The van der Waals surface area contributed by atoms with Crippen molar-refractivity contribution in [2.24, 2.45) is 5.41 Å². The summed E-state index contributed by atoms with van der Waals surface area (Å²) in [4.78, 5) is 12.0. The third kappa shape index (κ3) is 2.51. The number of carbonyl (C=O) groups excluding carboxylic acids is 1. The summed E-state index contributed by atoms with van der Waals surface area (Å²) in [7, 11) is 0. The first-order chi connectivity index (χ1) is 7.21. The molecule has 1 unspecified atom stereocenters. The lowest BCUT2D eigenvalue weighted by Crippen LogP contribution is -2.43. The van der Waals surface area contributed by atoms with Gasteiger partial charge >= 0.3 is 0 Å². The average molecular weight is 210 g/mol. The first-order valence-corrected chi connectivity index (χ1v) is 6.22. The Morgan fingerprint density at radius 3 is 2.73 bits per heavy atom. The van der Waals surface area contributed by atoms with Crippen LogP contribution in [0.15, 0.2) is 0 Å². The highest BCUT2D eigenvalue weighted by Gasteiger charge is 2.36. The van der Waals surface area contributed by atoms with Gasteiger partial charge in [-0.15, -0.1) is 0 Å². The average Bonchev–Trinajstić information content (AvgIpc) is 2.85. The van der Waals surface area contributed by atoms with Gasteiger partial charge in [0.15, 0.2) is 0 Å². The number of rotatable bonds is 3. The molecule has 0 bridgehead atoms. The molecule has 1 aliphatic carbocycles. The number of amides is 1. The van der Waals surface area contributed by atoms with Crippen LogP contribution in [0, 0.1) is 5.41 Å². The molecule has 86 valence electrons. The minimum atomic E-state index is -0.0708. The van der Waals surface area contributed by atoms with Crippen LogP contribution in [0.4, 0.5) is 0 Å². The fourth-order valence-corrected chi connectivity index (χ4v) is 2.74. The quantitative estimate of drug-likeness (QED) is 0.740. The van der Waals surface area contributed by atoms with Crippen molar-refractivity contribution in [1.29, 1.82) is 0 Å². The van der Waals surface area contributed by atoms with Gasteiger partial charge in [0.05, 0.1) is 0 Å². The van der Waals surface area contributed by atoms with Crippen LogP contribution in [0.5, 0.6) is 0 Å². The van der Waals surface area contributed by atoms with E-state index in [1.165, 1.54) is 25.7 Å². The molecule has 1 atom stereocenters. The van der Waals surface area contributed by atoms with Crippen LogP contribution in [-0.2, 0) is 4.79 Å². The Hall–Kier alpha value is -0.570. The molecule has 0 aromatic heterocycles. The minimum Gasteiger partial charge on any atom is -0.354 e. The van der Waals surface area contributed by atoms with Gasteiger partial charge < -0.3 is 10.6 Å². The van der Waals surface area contributed by atoms with Crippen LogP contribution in [0.1, 0.15) is 45.4 Å². The van der Waals surface area contributed by atoms with Gasteiger partial charge in [0.2, 0.25) is 5.91 Å². The largest absolute Gasteiger partial charge is 0.354 e. The second-order valence-corrected chi connectivity index (χ2v) is 5.27. The highest BCUT2D eigenvalue weighted by Crippen LogP contribution is 2.37. The summed E-state index contributed by atoms with van der Waals surface area (Å²) in [6.07, 6.45) is 7.01. The van der Waals surface area contributed by atoms with Crippen molar-refractivity contribution < 1.29 is 4.79 Å². The second kappa shape index (κ2) is 4.52. The molecule has 0 radical (unpaired) electrons. The molecule has 2 rings (SSSR count). The van der Waals surface area contributed by atoms with Gasteiger partial charge in [0, 0.05) is 18.0 Å². The molecule has 1 heterocycles. The van der Waals surface area contributed by atoms with Crippen LogP contribution in [0.3, 0.4) is 0 Å². The first-order valence-electron chi connectivity index (χ1n) is 6.22. The molecule has 2 N–H and O–H groups in total. The van der Waals surface area contributed by atoms with Gasteiger partial charge in [-0.1, -0.05) is 19.8 Å². The van der Waals surface area contributed by atoms with Crippen LogP contribution >= 0.6 is 0 Å². The third-order valence-corrected chi connectivity index (χ3v) is 3.93. The van der Waals surface area contributed by atoms with Crippen molar-refractivity contribution in [1.82, 2.24) is 10.6 Å². The highest BCUT2D eigenvalue weighted by molar-refractivity contribution is 5.82. The molecule has 3 nitrogen and oxygen atoms in total. The minimum absolute atomic E-state index is 0.0708. The van der Waals surface area contributed by atoms with E-state index in [0.29, 0.717) is 6.04 Å². The van der Waals surface area contributed by atoms with Crippen LogP contribution < -0.4 is 10.6 Å². The summed E-state index contributed by atoms with van der Waals surface area (Å²) in [5, 5.41) is 6.51. The molecule has 2 fully saturated rings. The zero-order valence-corrected chi connectivity index (χ0v) is 9.64. The summed E-state index contributed by atoms with van der Waals surface area (Å²) >= 11 is 0. The van der Waals surface area contributed by atoms with Crippen molar-refractivity contribution in [3.8, 4) is 0 Å². The van der Waals surface area contributed by atoms with Crippen LogP contribution in [0.25, 0.3) is 0 Å². The van der Waals surface area contributed by atoms with Gasteiger partial charge in [0.1, 0.15) is 0 Å². The highest BCUT2D eigenvalue weighted by atomic mass is 16.2. The predicted octanol–water partition coefficient (Wildman–Crippen LogP) is 1.43. The maximum atomic E-state index is 12.0. The van der Waals surface area contributed by atoms with E-state index in [-0.39, 0.29) is 11.3 Å². The SMILES string of the molecule is CC1(C(=O)NCC2CCCN2)CCCC1. The maximum absolute atomic E-state index is 12.0. The topological polar surface area (TPSA) is 41.1 Å². The van der Waals surface area contributed by atoms with E-state index < -0.39 is 0 Å². The Morgan fingerprint density at radius 1 is 1.40 bits per heavy atom. The van der Waals surface area contributed by atoms with E-state index in [0.717, 1.165) is 25.9 Å². The lowest BCUT2D eigenvalue weighted by Gasteiger charge is -2.23. The molecular weight excluding hydrogens is 188 g/mol. The zero-order valence-electron chi connectivity index (χ0n) is 9.64. The molecule has 2 aliphatic rings. The van der Waals surface area contributed by atoms with Crippen molar-refractivity contribution in [2.45, 2.75) is 51.5 Å². The predicted molar refractivity (Wildman–Crippen MR) is 60.6 cm³/mol. The fraction of sp³-hybridized carbons (Fsp3) is 0.917. The Bertz CT molecular complexity index is 228. The van der Waals surface area contributed by atoms with E-state index >= 15 is 0 Å². The zero-order chi connectivity index (χ0) is 10.7. The summed E-state index contributed by atoms with van der Waals surface area (Å²) in [5.41, 5.74) is -0.0708. The first kappa shape index (κ1) is 10.9. The van der Waals surface area contributed by atoms with Gasteiger partial charge in [-0.25, -0.2) is 0 Å². The Balaban J connectivity index is 1.76. The molecule has 3 heteroatoms. The summed E-state index contributed by atoms with van der Waals surface area (Å²) in [6, 6.07) is 0.513. The van der Waals surface area contributed by atoms with Gasteiger partial charge in [-0.3, -0.25) is 4.79 Å². The normalized spacial score (nSPS) is 29.3. The smallest absolute Gasteiger partial charge is 0.225 e. The maximum Gasteiger partial charge on any atom is 0.225 e. The van der Waals surface area contributed by atoms with Crippen molar-refractivity contribution >= 4 is 5.91 Å². The molecule has 1 saturated heterocycles. The Kier molecular flexibility index (Phi) is 3.29. The number of nitrogens with one attached hydrogen (secondary N) is 2.